The Morgan fingerprint density at radius 2 is 2.15 bits per heavy atom. The molecule has 1 aliphatic heterocycles. The third-order valence-corrected chi connectivity index (χ3v) is 3.59. The van der Waals surface area contributed by atoms with E-state index in [9.17, 15) is 18.7 Å². The summed E-state index contributed by atoms with van der Waals surface area (Å²) in [5.41, 5.74) is -0.413. The first-order valence-electron chi connectivity index (χ1n) is 6.61. The maximum absolute atomic E-state index is 13.4. The van der Waals surface area contributed by atoms with E-state index in [0.717, 1.165) is 18.6 Å². The number of hydrogen-bond acceptors (Lipinski definition) is 3. The van der Waals surface area contributed by atoms with Crippen molar-refractivity contribution in [2.24, 2.45) is 5.92 Å². The van der Waals surface area contributed by atoms with Crippen LogP contribution in [0.15, 0.2) is 18.2 Å². The molecule has 20 heavy (non-hydrogen) atoms. The van der Waals surface area contributed by atoms with E-state index in [1.54, 1.807) is 6.92 Å². The highest BCUT2D eigenvalue weighted by Gasteiger charge is 2.27. The van der Waals surface area contributed by atoms with Crippen molar-refractivity contribution < 1.29 is 18.7 Å². The summed E-state index contributed by atoms with van der Waals surface area (Å²) in [6.07, 6.45) is 0.408. The van der Waals surface area contributed by atoms with Gasteiger partial charge in [-0.25, -0.2) is 8.78 Å². The van der Waals surface area contributed by atoms with Gasteiger partial charge in [0.25, 0.3) is 0 Å². The van der Waals surface area contributed by atoms with Crippen LogP contribution in [0.1, 0.15) is 13.3 Å². The number of nitrogens with one attached hydrogen (secondary N) is 1. The maximum atomic E-state index is 13.4. The first kappa shape index (κ1) is 14.9. The highest BCUT2D eigenvalue weighted by Crippen LogP contribution is 2.20. The number of benzene rings is 1. The van der Waals surface area contributed by atoms with Crippen molar-refractivity contribution in [3.05, 3.63) is 29.8 Å². The SMILES string of the molecule is CC(O)C1CCN(CC(=O)Nc2c(F)cccc2F)C1. The number of likely N-dealkylation sites (tertiary alicyclic amines) is 1. The molecule has 0 aliphatic carbocycles. The zero-order valence-corrected chi connectivity index (χ0v) is 11.3. The largest absolute Gasteiger partial charge is 0.393 e. The molecule has 1 heterocycles. The summed E-state index contributed by atoms with van der Waals surface area (Å²) < 4.78 is 26.8. The third kappa shape index (κ3) is 3.52. The Kier molecular flexibility index (Phi) is 4.67. The molecule has 6 heteroatoms. The van der Waals surface area contributed by atoms with Crippen LogP contribution in [0, 0.1) is 17.6 Å². The van der Waals surface area contributed by atoms with E-state index in [1.165, 1.54) is 6.07 Å². The van der Waals surface area contributed by atoms with Gasteiger partial charge in [-0.1, -0.05) is 6.07 Å². The highest BCUT2D eigenvalue weighted by atomic mass is 19.1. The molecule has 0 aromatic heterocycles. The van der Waals surface area contributed by atoms with Gasteiger partial charge in [-0.15, -0.1) is 0 Å². The van der Waals surface area contributed by atoms with Gasteiger partial charge in [0.15, 0.2) is 0 Å². The molecule has 0 spiro atoms. The lowest BCUT2D eigenvalue weighted by atomic mass is 10.0. The van der Waals surface area contributed by atoms with Crippen molar-refractivity contribution in [2.45, 2.75) is 19.4 Å². The molecule has 1 fully saturated rings. The van der Waals surface area contributed by atoms with Crippen molar-refractivity contribution in [3.63, 3.8) is 0 Å². The standard InChI is InChI=1S/C14H18F2N2O2/c1-9(19)10-5-6-18(7-10)8-13(20)17-14-11(15)3-2-4-12(14)16/h2-4,9-10,19H,5-8H2,1H3,(H,17,20). The minimum Gasteiger partial charge on any atom is -0.393 e. The smallest absolute Gasteiger partial charge is 0.238 e. The van der Waals surface area contributed by atoms with Crippen LogP contribution >= 0.6 is 0 Å². The molecule has 1 amide bonds. The monoisotopic (exact) mass is 284 g/mol. The molecule has 1 aromatic carbocycles. The minimum atomic E-state index is -0.790. The lowest BCUT2D eigenvalue weighted by Gasteiger charge is -2.17. The number of rotatable bonds is 4. The van der Waals surface area contributed by atoms with Gasteiger partial charge >= 0.3 is 0 Å². The molecule has 1 aromatic rings. The molecule has 2 unspecified atom stereocenters. The second kappa shape index (κ2) is 6.28. The Labute approximate surface area is 116 Å². The first-order chi connectivity index (χ1) is 9.47. The van der Waals surface area contributed by atoms with E-state index in [2.05, 4.69) is 5.32 Å². The number of carbonyl (C=O) groups excluding carboxylic acids is 1. The zero-order chi connectivity index (χ0) is 14.7. The number of hydrogen-bond donors (Lipinski definition) is 2. The third-order valence-electron chi connectivity index (χ3n) is 3.59. The molecule has 0 saturated carbocycles. The summed E-state index contributed by atoms with van der Waals surface area (Å²) >= 11 is 0. The fraction of sp³-hybridized carbons (Fsp3) is 0.500. The number of aliphatic hydroxyl groups excluding tert-OH is 1. The Morgan fingerprint density at radius 1 is 1.50 bits per heavy atom. The van der Waals surface area contributed by atoms with Gasteiger partial charge in [0, 0.05) is 6.54 Å². The number of amides is 1. The van der Waals surface area contributed by atoms with Gasteiger partial charge in [-0.05, 0) is 37.9 Å². The van der Waals surface area contributed by atoms with Gasteiger partial charge in [-0.3, -0.25) is 9.69 Å². The average molecular weight is 284 g/mol. The Balaban J connectivity index is 1.91. The molecule has 2 N–H and O–H groups in total. The second-order valence-electron chi connectivity index (χ2n) is 5.17. The zero-order valence-electron chi connectivity index (χ0n) is 11.3. The van der Waals surface area contributed by atoms with Crippen LogP contribution in [0.25, 0.3) is 0 Å². The van der Waals surface area contributed by atoms with Crippen molar-refractivity contribution in [3.8, 4) is 0 Å². The van der Waals surface area contributed by atoms with Crippen LogP contribution in [0.5, 0.6) is 0 Å². The van der Waals surface area contributed by atoms with Crippen LogP contribution in [0.2, 0.25) is 0 Å². The minimum absolute atomic E-state index is 0.0665. The molecule has 0 bridgehead atoms. The Morgan fingerprint density at radius 3 is 2.70 bits per heavy atom. The van der Waals surface area contributed by atoms with Gasteiger partial charge in [0.2, 0.25) is 5.91 Å². The van der Waals surface area contributed by atoms with Crippen LogP contribution in [0.3, 0.4) is 0 Å². The Hall–Kier alpha value is -1.53. The van der Waals surface area contributed by atoms with E-state index in [1.807, 2.05) is 4.90 Å². The number of halogens is 2. The van der Waals surface area contributed by atoms with E-state index in [-0.39, 0.29) is 12.5 Å². The number of para-hydroxylation sites is 1. The molecule has 1 saturated heterocycles. The number of carbonyl (C=O) groups is 1. The van der Waals surface area contributed by atoms with Crippen LogP contribution < -0.4 is 5.32 Å². The summed E-state index contributed by atoms with van der Waals surface area (Å²) in [4.78, 5) is 13.7. The van der Waals surface area contributed by atoms with Gasteiger partial charge in [0.1, 0.15) is 17.3 Å². The van der Waals surface area contributed by atoms with E-state index in [0.29, 0.717) is 13.1 Å². The topological polar surface area (TPSA) is 52.6 Å². The highest BCUT2D eigenvalue weighted by molar-refractivity contribution is 5.92. The summed E-state index contributed by atoms with van der Waals surface area (Å²) in [7, 11) is 0. The quantitative estimate of drug-likeness (QED) is 0.883. The molecule has 0 radical (unpaired) electrons. The van der Waals surface area contributed by atoms with Crippen LogP contribution in [-0.4, -0.2) is 41.7 Å². The predicted octanol–water partition coefficient (Wildman–Crippen LogP) is 1.61. The summed E-state index contributed by atoms with van der Waals surface area (Å²) in [6.45, 7) is 3.10. The fourth-order valence-corrected chi connectivity index (χ4v) is 2.40. The van der Waals surface area contributed by atoms with Crippen molar-refractivity contribution in [1.29, 1.82) is 0 Å². The average Bonchev–Trinajstić information content (AvgIpc) is 2.82. The molecule has 4 nitrogen and oxygen atoms in total. The summed E-state index contributed by atoms with van der Waals surface area (Å²) in [6, 6.07) is 3.43. The lowest BCUT2D eigenvalue weighted by Crippen LogP contribution is -2.33. The van der Waals surface area contributed by atoms with E-state index < -0.39 is 29.3 Å². The maximum Gasteiger partial charge on any atom is 0.238 e. The normalized spacial score (nSPS) is 20.9. The van der Waals surface area contributed by atoms with Gasteiger partial charge in [0.05, 0.1) is 12.6 Å². The van der Waals surface area contributed by atoms with E-state index >= 15 is 0 Å². The summed E-state index contributed by atoms with van der Waals surface area (Å²) in [5, 5.41) is 11.7. The fourth-order valence-electron chi connectivity index (χ4n) is 2.40. The predicted molar refractivity (Wildman–Crippen MR) is 71.2 cm³/mol. The molecular formula is C14H18F2N2O2. The number of aliphatic hydroxyl groups is 1. The van der Waals surface area contributed by atoms with Crippen molar-refractivity contribution in [2.75, 3.05) is 25.0 Å². The van der Waals surface area contributed by atoms with E-state index in [4.69, 9.17) is 0 Å². The van der Waals surface area contributed by atoms with Gasteiger partial charge < -0.3 is 10.4 Å². The number of nitrogens with zero attached hydrogens (tertiary/aromatic N) is 1. The molecule has 2 atom stereocenters. The molecular weight excluding hydrogens is 266 g/mol. The first-order valence-corrected chi connectivity index (χ1v) is 6.61. The van der Waals surface area contributed by atoms with Gasteiger partial charge in [-0.2, -0.15) is 0 Å². The van der Waals surface area contributed by atoms with Crippen molar-refractivity contribution >= 4 is 11.6 Å². The molecule has 1 aliphatic rings. The molecule has 2 rings (SSSR count). The number of anilines is 1. The van der Waals surface area contributed by atoms with Crippen molar-refractivity contribution in [1.82, 2.24) is 4.90 Å². The Bertz CT molecular complexity index is 474. The van der Waals surface area contributed by atoms with Crippen LogP contribution in [-0.2, 0) is 4.79 Å². The second-order valence-corrected chi connectivity index (χ2v) is 5.17. The van der Waals surface area contributed by atoms with Crippen LogP contribution in [0.4, 0.5) is 14.5 Å². The molecule has 110 valence electrons. The lowest BCUT2D eigenvalue weighted by molar-refractivity contribution is -0.117. The summed E-state index contributed by atoms with van der Waals surface area (Å²) in [5.74, 6) is -1.89.